The van der Waals surface area contributed by atoms with Crippen molar-refractivity contribution in [1.82, 2.24) is 0 Å². The molecule has 60 valence electrons. The van der Waals surface area contributed by atoms with Crippen LogP contribution < -0.4 is 0 Å². The van der Waals surface area contributed by atoms with Gasteiger partial charge in [-0.15, -0.1) is 0 Å². The van der Waals surface area contributed by atoms with E-state index in [4.69, 9.17) is 0 Å². The third-order valence-corrected chi connectivity index (χ3v) is 1.98. The predicted molar refractivity (Wildman–Crippen MR) is 47.4 cm³/mol. The molecule has 0 fully saturated rings. The van der Waals surface area contributed by atoms with Crippen LogP contribution in [0.4, 0.5) is 4.39 Å². The molecule has 0 heterocycles. The average Bonchev–Trinajstić information content (AvgIpc) is 2.56. The third-order valence-electron chi connectivity index (χ3n) is 1.98. The molecule has 12 heavy (non-hydrogen) atoms. The van der Waals surface area contributed by atoms with Crippen LogP contribution in [0.5, 0.6) is 0 Å². The number of rotatable bonds is 1. The van der Waals surface area contributed by atoms with Crippen molar-refractivity contribution in [3.05, 3.63) is 60.0 Å². The van der Waals surface area contributed by atoms with Gasteiger partial charge in [0, 0.05) is 5.92 Å². The summed E-state index contributed by atoms with van der Waals surface area (Å²) in [6.45, 7) is 0. The van der Waals surface area contributed by atoms with E-state index in [0.29, 0.717) is 0 Å². The van der Waals surface area contributed by atoms with Gasteiger partial charge in [0.15, 0.2) is 0 Å². The molecule has 1 aliphatic rings. The fourth-order valence-corrected chi connectivity index (χ4v) is 1.37. The molecule has 0 nitrogen and oxygen atoms in total. The molecule has 0 bridgehead atoms. The van der Waals surface area contributed by atoms with Gasteiger partial charge in [-0.3, -0.25) is 0 Å². The van der Waals surface area contributed by atoms with Crippen LogP contribution in [-0.2, 0) is 0 Å². The first-order valence-electron chi connectivity index (χ1n) is 3.97. The van der Waals surface area contributed by atoms with E-state index in [2.05, 4.69) is 12.2 Å². The van der Waals surface area contributed by atoms with E-state index in [-0.39, 0.29) is 11.7 Å². The molecule has 0 atom stereocenters. The molecule has 0 N–H and O–H groups in total. The fourth-order valence-electron chi connectivity index (χ4n) is 1.37. The highest BCUT2D eigenvalue weighted by Crippen LogP contribution is 2.22. The Bertz CT molecular complexity index is 325. The molecule has 0 saturated carbocycles. The maximum absolute atomic E-state index is 12.8. The van der Waals surface area contributed by atoms with Gasteiger partial charge in [0.25, 0.3) is 0 Å². The van der Waals surface area contributed by atoms with Crippen molar-refractivity contribution in [2.75, 3.05) is 0 Å². The van der Waals surface area contributed by atoms with Gasteiger partial charge >= 0.3 is 0 Å². The van der Waals surface area contributed by atoms with Crippen molar-refractivity contribution < 1.29 is 4.39 Å². The van der Waals surface area contributed by atoms with E-state index in [9.17, 15) is 4.39 Å². The van der Waals surface area contributed by atoms with E-state index >= 15 is 0 Å². The first-order chi connectivity index (χ1) is 5.86. The summed E-state index contributed by atoms with van der Waals surface area (Å²) < 4.78 is 12.8. The van der Waals surface area contributed by atoms with Gasteiger partial charge < -0.3 is 0 Å². The SMILES string of the molecule is Fc1cccc(C2C=CC=C2)c1. The molecule has 2 rings (SSSR count). The highest BCUT2D eigenvalue weighted by Gasteiger charge is 2.06. The summed E-state index contributed by atoms with van der Waals surface area (Å²) >= 11 is 0. The number of benzene rings is 1. The van der Waals surface area contributed by atoms with Gasteiger partial charge in [0.1, 0.15) is 5.82 Å². The van der Waals surface area contributed by atoms with Crippen LogP contribution in [0.25, 0.3) is 0 Å². The van der Waals surface area contributed by atoms with Crippen molar-refractivity contribution in [2.24, 2.45) is 0 Å². The Hall–Kier alpha value is -1.37. The second-order valence-corrected chi connectivity index (χ2v) is 2.85. The Balaban J connectivity index is 2.34. The minimum absolute atomic E-state index is 0.166. The van der Waals surface area contributed by atoms with Gasteiger partial charge in [-0.25, -0.2) is 4.39 Å². The second-order valence-electron chi connectivity index (χ2n) is 2.85. The Labute approximate surface area is 71.0 Å². The van der Waals surface area contributed by atoms with Gasteiger partial charge in [-0.2, -0.15) is 0 Å². The topological polar surface area (TPSA) is 0 Å². The first-order valence-corrected chi connectivity index (χ1v) is 3.97. The van der Waals surface area contributed by atoms with Gasteiger partial charge in [-0.05, 0) is 17.7 Å². The number of hydrogen-bond donors (Lipinski definition) is 0. The van der Waals surface area contributed by atoms with E-state index in [1.54, 1.807) is 12.1 Å². The van der Waals surface area contributed by atoms with E-state index in [1.807, 2.05) is 18.2 Å². The highest BCUT2D eigenvalue weighted by molar-refractivity contribution is 5.34. The Kier molecular flexibility index (Phi) is 1.78. The maximum Gasteiger partial charge on any atom is 0.123 e. The van der Waals surface area contributed by atoms with Gasteiger partial charge in [-0.1, -0.05) is 36.4 Å². The minimum Gasteiger partial charge on any atom is -0.207 e. The summed E-state index contributed by atoms with van der Waals surface area (Å²) in [5, 5.41) is 0. The smallest absolute Gasteiger partial charge is 0.123 e. The molecule has 1 aromatic carbocycles. The van der Waals surface area contributed by atoms with E-state index < -0.39 is 0 Å². The molecule has 0 amide bonds. The summed E-state index contributed by atoms with van der Waals surface area (Å²) in [6, 6.07) is 6.72. The van der Waals surface area contributed by atoms with Crippen LogP contribution in [0.1, 0.15) is 11.5 Å². The number of allylic oxidation sites excluding steroid dienone is 4. The van der Waals surface area contributed by atoms with Gasteiger partial charge in [0.05, 0.1) is 0 Å². The molecule has 0 spiro atoms. The largest absolute Gasteiger partial charge is 0.207 e. The summed E-state index contributed by atoms with van der Waals surface area (Å²) in [4.78, 5) is 0. The summed E-state index contributed by atoms with van der Waals surface area (Å²) in [5.74, 6) is 0.0990. The summed E-state index contributed by atoms with van der Waals surface area (Å²) in [5.41, 5.74) is 1.01. The van der Waals surface area contributed by atoms with Crippen molar-refractivity contribution in [3.63, 3.8) is 0 Å². The molecule has 1 aliphatic carbocycles. The Morgan fingerprint density at radius 1 is 1.08 bits per heavy atom. The maximum atomic E-state index is 12.8. The lowest BCUT2D eigenvalue weighted by Gasteiger charge is -2.04. The zero-order valence-corrected chi connectivity index (χ0v) is 6.57. The second kappa shape index (κ2) is 2.94. The first kappa shape index (κ1) is 7.29. The van der Waals surface area contributed by atoms with Crippen LogP contribution in [0, 0.1) is 5.82 Å². The molecule has 1 heteroatoms. The van der Waals surface area contributed by atoms with E-state index in [0.717, 1.165) is 5.56 Å². The highest BCUT2D eigenvalue weighted by atomic mass is 19.1. The zero-order valence-electron chi connectivity index (χ0n) is 6.57. The van der Waals surface area contributed by atoms with Crippen molar-refractivity contribution in [3.8, 4) is 0 Å². The molecule has 0 radical (unpaired) electrons. The standard InChI is InChI=1S/C11H9F/c12-11-7-3-6-10(8-11)9-4-1-2-5-9/h1-9H. The lowest BCUT2D eigenvalue weighted by Crippen LogP contribution is -1.88. The van der Waals surface area contributed by atoms with Crippen molar-refractivity contribution >= 4 is 0 Å². The minimum atomic E-state index is -0.166. The molecule has 0 unspecified atom stereocenters. The van der Waals surface area contributed by atoms with Crippen molar-refractivity contribution in [1.29, 1.82) is 0 Å². The molecule has 1 aromatic rings. The van der Waals surface area contributed by atoms with Crippen LogP contribution in [0.15, 0.2) is 48.6 Å². The molecular weight excluding hydrogens is 151 g/mol. The lowest BCUT2D eigenvalue weighted by atomic mass is 10.0. The van der Waals surface area contributed by atoms with Crippen LogP contribution in [0.2, 0.25) is 0 Å². The van der Waals surface area contributed by atoms with Crippen LogP contribution in [-0.4, -0.2) is 0 Å². The van der Waals surface area contributed by atoms with Crippen LogP contribution >= 0.6 is 0 Å². The molecule has 0 aliphatic heterocycles. The quantitative estimate of drug-likeness (QED) is 0.592. The average molecular weight is 160 g/mol. The molecule has 0 aromatic heterocycles. The summed E-state index contributed by atoms with van der Waals surface area (Å²) in [7, 11) is 0. The number of halogens is 1. The lowest BCUT2D eigenvalue weighted by molar-refractivity contribution is 0.625. The monoisotopic (exact) mass is 160 g/mol. The normalized spacial score (nSPS) is 15.8. The number of hydrogen-bond acceptors (Lipinski definition) is 0. The predicted octanol–water partition coefficient (Wildman–Crippen LogP) is 3.04. The summed E-state index contributed by atoms with van der Waals surface area (Å²) in [6.07, 6.45) is 8.06. The molecular formula is C11H9F. The Morgan fingerprint density at radius 3 is 2.50 bits per heavy atom. The fraction of sp³-hybridized carbons (Fsp3) is 0.0909. The van der Waals surface area contributed by atoms with Gasteiger partial charge in [0.2, 0.25) is 0 Å². The third kappa shape index (κ3) is 1.30. The van der Waals surface area contributed by atoms with E-state index in [1.165, 1.54) is 6.07 Å². The Morgan fingerprint density at radius 2 is 1.83 bits per heavy atom. The molecule has 0 saturated heterocycles. The van der Waals surface area contributed by atoms with Crippen LogP contribution in [0.3, 0.4) is 0 Å². The zero-order chi connectivity index (χ0) is 8.39. The van der Waals surface area contributed by atoms with Crippen molar-refractivity contribution in [2.45, 2.75) is 5.92 Å².